The third kappa shape index (κ3) is 4.56. The van der Waals surface area contributed by atoms with Gasteiger partial charge in [0.25, 0.3) is 5.91 Å². The third-order valence-electron chi connectivity index (χ3n) is 6.61. The highest BCUT2D eigenvalue weighted by Crippen LogP contribution is 2.33. The Hall–Kier alpha value is -3.02. The predicted molar refractivity (Wildman–Crippen MR) is 129 cm³/mol. The van der Waals surface area contributed by atoms with Gasteiger partial charge in [-0.2, -0.15) is 0 Å². The van der Waals surface area contributed by atoms with E-state index in [1.807, 2.05) is 50.9 Å². The fraction of sp³-hybridized carbons (Fsp3) is 0.444. The van der Waals surface area contributed by atoms with Crippen molar-refractivity contribution in [1.29, 1.82) is 0 Å². The summed E-state index contributed by atoms with van der Waals surface area (Å²) >= 11 is 0. The van der Waals surface area contributed by atoms with Crippen molar-refractivity contribution < 1.29 is 14.0 Å². The van der Waals surface area contributed by atoms with Crippen molar-refractivity contribution >= 4 is 22.7 Å². The van der Waals surface area contributed by atoms with Gasteiger partial charge in [-0.3, -0.25) is 14.6 Å². The second-order valence-electron chi connectivity index (χ2n) is 9.77. The summed E-state index contributed by atoms with van der Waals surface area (Å²) in [7, 11) is 1.79. The zero-order valence-corrected chi connectivity index (χ0v) is 20.1. The van der Waals surface area contributed by atoms with Crippen molar-refractivity contribution in [2.75, 3.05) is 7.05 Å². The van der Waals surface area contributed by atoms with Crippen LogP contribution in [0.2, 0.25) is 0 Å². The van der Waals surface area contributed by atoms with Gasteiger partial charge in [-0.05, 0) is 87.4 Å². The minimum atomic E-state index is -0.187. The van der Waals surface area contributed by atoms with E-state index in [2.05, 4.69) is 11.1 Å². The summed E-state index contributed by atoms with van der Waals surface area (Å²) in [5.41, 5.74) is 4.25. The Morgan fingerprint density at radius 3 is 2.61 bits per heavy atom. The van der Waals surface area contributed by atoms with E-state index < -0.39 is 0 Å². The molecular formula is C27H32FN3O2. The topological polar surface area (TPSA) is 53.5 Å². The number of hydrogen-bond acceptors (Lipinski definition) is 3. The molecule has 1 unspecified atom stereocenters. The van der Waals surface area contributed by atoms with Gasteiger partial charge < -0.3 is 9.80 Å². The molecule has 174 valence electrons. The van der Waals surface area contributed by atoms with Crippen LogP contribution < -0.4 is 0 Å². The van der Waals surface area contributed by atoms with Gasteiger partial charge in [0.1, 0.15) is 5.83 Å². The van der Waals surface area contributed by atoms with E-state index in [9.17, 15) is 14.0 Å². The molecule has 4 rings (SSSR count). The van der Waals surface area contributed by atoms with Crippen molar-refractivity contribution in [3.8, 4) is 0 Å². The molecule has 1 aliphatic heterocycles. The first kappa shape index (κ1) is 23.1. The minimum absolute atomic E-state index is 0.0304. The van der Waals surface area contributed by atoms with Crippen molar-refractivity contribution in [3.05, 3.63) is 64.6 Å². The first-order chi connectivity index (χ1) is 15.7. The number of carbonyl (C=O) groups is 2. The molecule has 2 heterocycles. The van der Waals surface area contributed by atoms with Crippen LogP contribution in [0.5, 0.6) is 0 Å². The zero-order valence-electron chi connectivity index (χ0n) is 20.1. The van der Waals surface area contributed by atoms with Gasteiger partial charge in [-0.1, -0.05) is 6.08 Å². The normalized spacial score (nSPS) is 17.8. The van der Waals surface area contributed by atoms with Gasteiger partial charge in [0.15, 0.2) is 0 Å². The lowest BCUT2D eigenvalue weighted by atomic mass is 9.90. The highest BCUT2D eigenvalue weighted by molar-refractivity contribution is 6.04. The molecule has 0 saturated carbocycles. The molecule has 0 radical (unpaired) electrons. The Bertz CT molecular complexity index is 1160. The van der Waals surface area contributed by atoms with Crippen LogP contribution in [0.3, 0.4) is 0 Å². The Morgan fingerprint density at radius 2 is 1.97 bits per heavy atom. The maximum Gasteiger partial charge on any atom is 0.254 e. The Balaban J connectivity index is 1.76. The monoisotopic (exact) mass is 449 g/mol. The zero-order chi connectivity index (χ0) is 23.9. The van der Waals surface area contributed by atoms with Gasteiger partial charge in [0, 0.05) is 42.8 Å². The van der Waals surface area contributed by atoms with Crippen molar-refractivity contribution in [3.63, 3.8) is 0 Å². The maximum atomic E-state index is 13.4. The smallest absolute Gasteiger partial charge is 0.254 e. The number of pyridine rings is 1. The molecule has 2 aliphatic rings. The SMILES string of the molecule is CC(C)N(C(=O)Cc1c2c(cc3ncc(CC4C=CC(F)=CC4)cc13)C(=O)N(C)C2)C(C)C. The summed E-state index contributed by atoms with van der Waals surface area (Å²) in [5.74, 6) is 0.0522. The number of benzene rings is 1. The number of hydrogen-bond donors (Lipinski definition) is 0. The largest absolute Gasteiger partial charge is 0.338 e. The molecule has 0 saturated heterocycles. The first-order valence-electron chi connectivity index (χ1n) is 11.7. The summed E-state index contributed by atoms with van der Waals surface area (Å²) in [4.78, 5) is 34.4. The summed E-state index contributed by atoms with van der Waals surface area (Å²) in [6.07, 6.45) is 8.52. The quantitative estimate of drug-likeness (QED) is 0.625. The number of carbonyl (C=O) groups excluding carboxylic acids is 2. The van der Waals surface area contributed by atoms with E-state index in [1.165, 1.54) is 6.08 Å². The van der Waals surface area contributed by atoms with Crippen LogP contribution in [0.1, 0.15) is 61.2 Å². The average molecular weight is 450 g/mol. The van der Waals surface area contributed by atoms with Crippen LogP contribution in [0, 0.1) is 5.92 Å². The van der Waals surface area contributed by atoms with Crippen molar-refractivity contribution in [2.45, 2.75) is 65.6 Å². The number of fused-ring (bicyclic) bond motifs is 2. The highest BCUT2D eigenvalue weighted by atomic mass is 19.1. The van der Waals surface area contributed by atoms with E-state index in [1.54, 1.807) is 18.0 Å². The van der Waals surface area contributed by atoms with Crippen LogP contribution in [-0.2, 0) is 24.2 Å². The Labute approximate surface area is 195 Å². The third-order valence-corrected chi connectivity index (χ3v) is 6.61. The second kappa shape index (κ2) is 9.08. The van der Waals surface area contributed by atoms with Crippen molar-refractivity contribution in [2.24, 2.45) is 5.92 Å². The van der Waals surface area contributed by atoms with E-state index >= 15 is 0 Å². The molecule has 0 spiro atoms. The van der Waals surface area contributed by atoms with E-state index in [0.717, 1.165) is 34.0 Å². The number of aromatic nitrogens is 1. The van der Waals surface area contributed by atoms with Gasteiger partial charge in [-0.25, -0.2) is 4.39 Å². The Kier molecular flexibility index (Phi) is 6.37. The Morgan fingerprint density at radius 1 is 1.24 bits per heavy atom. The molecule has 0 N–H and O–H groups in total. The lowest BCUT2D eigenvalue weighted by molar-refractivity contribution is -0.134. The van der Waals surface area contributed by atoms with Crippen LogP contribution in [0.4, 0.5) is 4.39 Å². The average Bonchev–Trinajstić information content (AvgIpc) is 3.03. The first-order valence-corrected chi connectivity index (χ1v) is 11.7. The summed E-state index contributed by atoms with van der Waals surface area (Å²) in [6.45, 7) is 8.60. The molecule has 2 amide bonds. The van der Waals surface area contributed by atoms with Crippen molar-refractivity contribution in [1.82, 2.24) is 14.8 Å². The number of halogens is 1. The number of rotatable bonds is 6. The van der Waals surface area contributed by atoms with Gasteiger partial charge in [0.2, 0.25) is 5.91 Å². The summed E-state index contributed by atoms with van der Waals surface area (Å²) in [6, 6.07) is 4.14. The summed E-state index contributed by atoms with van der Waals surface area (Å²) < 4.78 is 13.3. The van der Waals surface area contributed by atoms with Crippen LogP contribution in [0.15, 0.2) is 42.4 Å². The molecule has 6 heteroatoms. The molecule has 1 atom stereocenters. The molecule has 5 nitrogen and oxygen atoms in total. The van der Waals surface area contributed by atoms with Gasteiger partial charge >= 0.3 is 0 Å². The van der Waals surface area contributed by atoms with E-state index in [4.69, 9.17) is 0 Å². The lowest BCUT2D eigenvalue weighted by Gasteiger charge is -2.31. The standard InChI is InChI=1S/C27H32FN3O2/c1-16(2)31(17(3)4)26(32)13-21-22-11-19(10-18-6-8-20(28)9-7-18)14-29-25(22)12-23-24(21)15-30(5)27(23)33/h6,8-9,11-12,14,16-18H,7,10,13,15H2,1-5H3. The molecular weight excluding hydrogens is 417 g/mol. The van der Waals surface area contributed by atoms with Crippen LogP contribution >= 0.6 is 0 Å². The molecule has 33 heavy (non-hydrogen) atoms. The number of amides is 2. The van der Waals surface area contributed by atoms with Gasteiger partial charge in [-0.15, -0.1) is 0 Å². The lowest BCUT2D eigenvalue weighted by Crippen LogP contribution is -2.43. The number of allylic oxidation sites excluding steroid dienone is 4. The molecule has 2 aromatic rings. The van der Waals surface area contributed by atoms with Crippen LogP contribution in [-0.4, -0.2) is 45.7 Å². The number of nitrogens with zero attached hydrogens (tertiary/aromatic N) is 3. The second-order valence-corrected chi connectivity index (χ2v) is 9.77. The maximum absolute atomic E-state index is 13.4. The van der Waals surface area contributed by atoms with E-state index in [-0.39, 0.29) is 42.1 Å². The van der Waals surface area contributed by atoms with Crippen LogP contribution in [0.25, 0.3) is 10.9 Å². The minimum Gasteiger partial charge on any atom is -0.338 e. The molecule has 0 fully saturated rings. The van der Waals surface area contributed by atoms with Gasteiger partial charge in [0.05, 0.1) is 11.9 Å². The fourth-order valence-electron chi connectivity index (χ4n) is 5.13. The fourth-order valence-corrected chi connectivity index (χ4v) is 5.13. The molecule has 1 aromatic carbocycles. The molecule has 1 aliphatic carbocycles. The molecule has 1 aromatic heterocycles. The van der Waals surface area contributed by atoms with E-state index in [0.29, 0.717) is 18.5 Å². The molecule has 0 bridgehead atoms. The highest BCUT2D eigenvalue weighted by Gasteiger charge is 2.31. The predicted octanol–water partition coefficient (Wildman–Crippen LogP) is 4.98. The summed E-state index contributed by atoms with van der Waals surface area (Å²) in [5, 5.41) is 0.927.